The smallest absolute Gasteiger partial charge is 0.192 e. The first kappa shape index (κ1) is 14.0. The number of hydrogen-bond donors (Lipinski definition) is 1. The summed E-state index contributed by atoms with van der Waals surface area (Å²) in [6.45, 7) is 4.16. The zero-order valence-corrected chi connectivity index (χ0v) is 12.3. The van der Waals surface area contributed by atoms with Crippen LogP contribution < -0.4 is 5.73 Å². The molecule has 1 unspecified atom stereocenters. The molecule has 0 aliphatic rings. The molecule has 0 saturated heterocycles. The third-order valence-electron chi connectivity index (χ3n) is 2.97. The van der Waals surface area contributed by atoms with E-state index in [1.165, 1.54) is 17.3 Å². The van der Waals surface area contributed by atoms with Crippen LogP contribution in [-0.2, 0) is 13.5 Å². The molecule has 2 rings (SSSR count). The molecule has 0 aliphatic heterocycles. The standard InChI is InChI=1S/C13H19N5S/c1-4-11(14)6-10-5-9(2)12(15-7-10)19-13-16-8-17-18(13)3/h5,7-8,11H,4,6,14H2,1-3H3. The predicted octanol–water partition coefficient (Wildman–Crippen LogP) is 1.95. The molecule has 2 aromatic rings. The van der Waals surface area contributed by atoms with Gasteiger partial charge in [-0.05, 0) is 42.7 Å². The molecule has 102 valence electrons. The highest BCUT2D eigenvalue weighted by atomic mass is 32.2. The van der Waals surface area contributed by atoms with Gasteiger partial charge in [-0.2, -0.15) is 5.10 Å². The molecule has 6 heteroatoms. The van der Waals surface area contributed by atoms with E-state index in [0.29, 0.717) is 0 Å². The van der Waals surface area contributed by atoms with E-state index < -0.39 is 0 Å². The average Bonchev–Trinajstić information content (AvgIpc) is 2.78. The van der Waals surface area contributed by atoms with Crippen molar-refractivity contribution >= 4 is 11.8 Å². The lowest BCUT2D eigenvalue weighted by atomic mass is 10.1. The van der Waals surface area contributed by atoms with Crippen LogP contribution in [0.1, 0.15) is 24.5 Å². The minimum atomic E-state index is 0.207. The number of nitrogens with two attached hydrogens (primary N) is 1. The zero-order valence-electron chi connectivity index (χ0n) is 11.5. The molecule has 0 amide bonds. The van der Waals surface area contributed by atoms with Gasteiger partial charge in [-0.25, -0.2) is 14.6 Å². The van der Waals surface area contributed by atoms with Gasteiger partial charge in [-0.3, -0.25) is 0 Å². The van der Waals surface area contributed by atoms with E-state index in [1.807, 2.05) is 13.2 Å². The Hall–Kier alpha value is -1.40. The molecule has 19 heavy (non-hydrogen) atoms. The Labute approximate surface area is 117 Å². The van der Waals surface area contributed by atoms with E-state index in [9.17, 15) is 0 Å². The quantitative estimate of drug-likeness (QED) is 0.904. The van der Waals surface area contributed by atoms with Gasteiger partial charge in [-0.1, -0.05) is 13.0 Å². The van der Waals surface area contributed by atoms with E-state index in [1.54, 1.807) is 11.0 Å². The first-order chi connectivity index (χ1) is 9.10. The predicted molar refractivity (Wildman–Crippen MR) is 76.1 cm³/mol. The van der Waals surface area contributed by atoms with Crippen molar-refractivity contribution in [1.29, 1.82) is 0 Å². The van der Waals surface area contributed by atoms with E-state index in [4.69, 9.17) is 5.73 Å². The van der Waals surface area contributed by atoms with Gasteiger partial charge in [0.2, 0.25) is 0 Å². The van der Waals surface area contributed by atoms with E-state index in [0.717, 1.165) is 28.6 Å². The summed E-state index contributed by atoms with van der Waals surface area (Å²) in [5.41, 5.74) is 8.30. The Morgan fingerprint density at radius 2 is 2.21 bits per heavy atom. The summed E-state index contributed by atoms with van der Waals surface area (Å²) in [4.78, 5) is 8.70. The van der Waals surface area contributed by atoms with Crippen LogP contribution >= 0.6 is 11.8 Å². The van der Waals surface area contributed by atoms with Crippen molar-refractivity contribution in [3.05, 3.63) is 29.7 Å². The van der Waals surface area contributed by atoms with Crippen molar-refractivity contribution in [2.45, 2.75) is 42.9 Å². The summed E-state index contributed by atoms with van der Waals surface area (Å²) in [6, 6.07) is 2.36. The highest BCUT2D eigenvalue weighted by Gasteiger charge is 2.09. The Morgan fingerprint density at radius 3 is 2.79 bits per heavy atom. The zero-order chi connectivity index (χ0) is 13.8. The van der Waals surface area contributed by atoms with Crippen LogP contribution in [0.5, 0.6) is 0 Å². The first-order valence-corrected chi connectivity index (χ1v) is 7.14. The summed E-state index contributed by atoms with van der Waals surface area (Å²) in [7, 11) is 1.87. The van der Waals surface area contributed by atoms with Crippen LogP contribution in [0.2, 0.25) is 0 Å². The largest absolute Gasteiger partial charge is 0.327 e. The molecule has 0 radical (unpaired) electrons. The monoisotopic (exact) mass is 277 g/mol. The molecule has 2 aromatic heterocycles. The highest BCUT2D eigenvalue weighted by Crippen LogP contribution is 2.26. The maximum Gasteiger partial charge on any atom is 0.192 e. The van der Waals surface area contributed by atoms with Crippen LogP contribution in [0.3, 0.4) is 0 Å². The number of nitrogens with zero attached hydrogens (tertiary/aromatic N) is 4. The van der Waals surface area contributed by atoms with Crippen molar-refractivity contribution < 1.29 is 0 Å². The van der Waals surface area contributed by atoms with E-state index in [-0.39, 0.29) is 6.04 Å². The SMILES string of the molecule is CCC(N)Cc1cnc(Sc2ncnn2C)c(C)c1. The van der Waals surface area contributed by atoms with Crippen molar-refractivity contribution in [2.75, 3.05) is 0 Å². The summed E-state index contributed by atoms with van der Waals surface area (Å²) in [5, 5.41) is 5.86. The van der Waals surface area contributed by atoms with Gasteiger partial charge in [0.05, 0.1) is 0 Å². The number of rotatable bonds is 5. The second-order valence-electron chi connectivity index (χ2n) is 4.61. The Bertz CT molecular complexity index is 552. The minimum Gasteiger partial charge on any atom is -0.327 e. The number of aryl methyl sites for hydroxylation is 2. The van der Waals surface area contributed by atoms with Crippen LogP contribution in [0.25, 0.3) is 0 Å². The molecule has 5 nitrogen and oxygen atoms in total. The Morgan fingerprint density at radius 1 is 1.42 bits per heavy atom. The molecule has 0 bridgehead atoms. The van der Waals surface area contributed by atoms with Crippen molar-refractivity contribution in [3.63, 3.8) is 0 Å². The van der Waals surface area contributed by atoms with Crippen molar-refractivity contribution in [1.82, 2.24) is 19.7 Å². The summed E-state index contributed by atoms with van der Waals surface area (Å²) in [5.74, 6) is 0. The second kappa shape index (κ2) is 6.16. The van der Waals surface area contributed by atoms with Crippen LogP contribution in [0.15, 0.2) is 28.8 Å². The number of pyridine rings is 1. The molecule has 1 atom stereocenters. The number of aromatic nitrogens is 4. The Balaban J connectivity index is 2.13. The van der Waals surface area contributed by atoms with Gasteiger partial charge < -0.3 is 5.73 Å². The van der Waals surface area contributed by atoms with E-state index in [2.05, 4.69) is 35.0 Å². The van der Waals surface area contributed by atoms with E-state index >= 15 is 0 Å². The molecule has 2 N–H and O–H groups in total. The first-order valence-electron chi connectivity index (χ1n) is 6.33. The lowest BCUT2D eigenvalue weighted by Gasteiger charge is -2.10. The fourth-order valence-electron chi connectivity index (χ4n) is 1.75. The average molecular weight is 277 g/mol. The molecule has 0 aliphatic carbocycles. The van der Waals surface area contributed by atoms with Crippen LogP contribution in [0.4, 0.5) is 0 Å². The minimum absolute atomic E-state index is 0.207. The third kappa shape index (κ3) is 3.54. The van der Waals surface area contributed by atoms with Gasteiger partial charge in [-0.15, -0.1) is 0 Å². The molecule has 0 spiro atoms. The molecular formula is C13H19N5S. The van der Waals surface area contributed by atoms with Crippen LogP contribution in [0, 0.1) is 6.92 Å². The van der Waals surface area contributed by atoms with Gasteiger partial charge in [0.15, 0.2) is 5.16 Å². The van der Waals surface area contributed by atoms with Gasteiger partial charge in [0.25, 0.3) is 0 Å². The third-order valence-corrected chi connectivity index (χ3v) is 4.14. The molecular weight excluding hydrogens is 258 g/mol. The summed E-state index contributed by atoms with van der Waals surface area (Å²) >= 11 is 1.53. The second-order valence-corrected chi connectivity index (χ2v) is 5.56. The summed E-state index contributed by atoms with van der Waals surface area (Å²) < 4.78 is 1.74. The van der Waals surface area contributed by atoms with Crippen molar-refractivity contribution in [3.8, 4) is 0 Å². The Kier molecular flexibility index (Phi) is 4.55. The molecule has 0 aromatic carbocycles. The molecule has 0 fully saturated rings. The highest BCUT2D eigenvalue weighted by molar-refractivity contribution is 7.99. The fraction of sp³-hybridized carbons (Fsp3) is 0.462. The fourth-order valence-corrected chi connectivity index (χ4v) is 2.53. The van der Waals surface area contributed by atoms with Gasteiger partial charge >= 0.3 is 0 Å². The molecule has 2 heterocycles. The van der Waals surface area contributed by atoms with Gasteiger partial charge in [0, 0.05) is 19.3 Å². The lowest BCUT2D eigenvalue weighted by Crippen LogP contribution is -2.21. The topological polar surface area (TPSA) is 69.6 Å². The summed E-state index contributed by atoms with van der Waals surface area (Å²) in [6.07, 6.45) is 5.31. The maximum atomic E-state index is 5.97. The normalized spacial score (nSPS) is 12.6. The lowest BCUT2D eigenvalue weighted by molar-refractivity contribution is 0.644. The van der Waals surface area contributed by atoms with Crippen molar-refractivity contribution in [2.24, 2.45) is 12.8 Å². The maximum absolute atomic E-state index is 5.97. The molecule has 0 saturated carbocycles. The number of hydrogen-bond acceptors (Lipinski definition) is 5. The van der Waals surface area contributed by atoms with Gasteiger partial charge in [0.1, 0.15) is 11.4 Å². The van der Waals surface area contributed by atoms with Crippen LogP contribution in [-0.4, -0.2) is 25.8 Å².